The lowest BCUT2D eigenvalue weighted by Crippen LogP contribution is -2.03. The maximum absolute atomic E-state index is 9.35. The lowest BCUT2D eigenvalue weighted by molar-refractivity contribution is 0.283. The molecule has 0 radical (unpaired) electrons. The third-order valence-electron chi connectivity index (χ3n) is 2.56. The van der Waals surface area contributed by atoms with Crippen molar-refractivity contribution in [2.75, 3.05) is 14.2 Å². The van der Waals surface area contributed by atoms with Crippen LogP contribution in [0.1, 0.15) is 5.69 Å². The van der Waals surface area contributed by atoms with Crippen LogP contribution in [-0.2, 0) is 6.61 Å². The molecule has 1 aromatic heterocycles. The molecule has 0 spiro atoms. The van der Waals surface area contributed by atoms with Crippen molar-refractivity contribution in [3.63, 3.8) is 0 Å². The van der Waals surface area contributed by atoms with Gasteiger partial charge in [-0.15, -0.1) is 0 Å². The molecular weight excluding hydrogens is 246 g/mol. The summed E-state index contributed by atoms with van der Waals surface area (Å²) < 4.78 is 16.0. The zero-order valence-corrected chi connectivity index (χ0v) is 10.8. The maximum Gasteiger partial charge on any atom is 0.185 e. The van der Waals surface area contributed by atoms with Crippen LogP contribution in [-0.4, -0.2) is 24.3 Å². The van der Waals surface area contributed by atoms with Gasteiger partial charge >= 0.3 is 0 Å². The van der Waals surface area contributed by atoms with Crippen LogP contribution in [0.2, 0.25) is 0 Å². The number of phenolic OH excluding ortho intramolecular Hbond substituents is 1. The summed E-state index contributed by atoms with van der Waals surface area (Å²) in [5.41, 5.74) is 0.630. The van der Waals surface area contributed by atoms with E-state index in [1.165, 1.54) is 6.07 Å². The topological polar surface area (TPSA) is 60.8 Å². The van der Waals surface area contributed by atoms with Crippen molar-refractivity contribution in [2.24, 2.45) is 0 Å². The predicted octanol–water partition coefficient (Wildman–Crippen LogP) is 2.38. The van der Waals surface area contributed by atoms with E-state index in [1.54, 1.807) is 44.7 Å². The normalized spacial score (nSPS) is 10.0. The molecule has 0 saturated heterocycles. The third-order valence-corrected chi connectivity index (χ3v) is 2.56. The predicted molar refractivity (Wildman–Crippen MR) is 69.8 cm³/mol. The average Bonchev–Trinajstić information content (AvgIpc) is 2.44. The summed E-state index contributed by atoms with van der Waals surface area (Å²) in [5, 5.41) is 9.35. The Bertz CT molecular complexity index is 557. The van der Waals surface area contributed by atoms with Gasteiger partial charge in [-0.1, -0.05) is 6.07 Å². The number of nitrogens with zero attached hydrogens (tertiary/aromatic N) is 1. The minimum Gasteiger partial charge on any atom is -0.508 e. The minimum absolute atomic E-state index is 0.156. The molecule has 5 heteroatoms. The van der Waals surface area contributed by atoms with E-state index in [2.05, 4.69) is 4.98 Å². The van der Waals surface area contributed by atoms with Crippen LogP contribution in [0.3, 0.4) is 0 Å². The van der Waals surface area contributed by atoms with Gasteiger partial charge in [0.2, 0.25) is 0 Å². The average molecular weight is 261 g/mol. The highest BCUT2D eigenvalue weighted by atomic mass is 16.5. The molecule has 2 rings (SSSR count). The second kappa shape index (κ2) is 5.95. The summed E-state index contributed by atoms with van der Waals surface area (Å²) in [5.74, 6) is 1.87. The monoisotopic (exact) mass is 261 g/mol. The summed E-state index contributed by atoms with van der Waals surface area (Å²) in [7, 11) is 3.12. The fraction of sp³-hybridized carbons (Fsp3) is 0.214. The SMILES string of the molecule is COc1ccnc(COc2cccc(O)c2)c1OC. The Morgan fingerprint density at radius 2 is 2.00 bits per heavy atom. The Morgan fingerprint density at radius 1 is 1.16 bits per heavy atom. The molecule has 0 aliphatic carbocycles. The van der Waals surface area contributed by atoms with Gasteiger partial charge in [-0.05, 0) is 12.1 Å². The molecule has 0 saturated carbocycles. The van der Waals surface area contributed by atoms with Crippen LogP contribution in [0.5, 0.6) is 23.0 Å². The largest absolute Gasteiger partial charge is 0.508 e. The smallest absolute Gasteiger partial charge is 0.185 e. The lowest BCUT2D eigenvalue weighted by Gasteiger charge is -2.12. The molecule has 0 aliphatic heterocycles. The highest BCUT2D eigenvalue weighted by Crippen LogP contribution is 2.30. The molecule has 19 heavy (non-hydrogen) atoms. The number of rotatable bonds is 5. The minimum atomic E-state index is 0.156. The standard InChI is InChI=1S/C14H15NO4/c1-17-13-6-7-15-12(14(13)18-2)9-19-11-5-3-4-10(16)8-11/h3-8,16H,9H2,1-2H3. The van der Waals surface area contributed by atoms with Crippen LogP contribution in [0.4, 0.5) is 0 Å². The molecule has 0 unspecified atom stereocenters. The quantitative estimate of drug-likeness (QED) is 0.895. The van der Waals surface area contributed by atoms with Gasteiger partial charge in [0.25, 0.3) is 0 Å². The first-order valence-corrected chi connectivity index (χ1v) is 5.72. The summed E-state index contributed by atoms with van der Waals surface area (Å²) in [6, 6.07) is 8.30. The van der Waals surface area contributed by atoms with Crippen LogP contribution in [0.15, 0.2) is 36.5 Å². The number of methoxy groups -OCH3 is 2. The van der Waals surface area contributed by atoms with E-state index in [9.17, 15) is 5.11 Å². The van der Waals surface area contributed by atoms with Gasteiger partial charge in [0.05, 0.1) is 14.2 Å². The van der Waals surface area contributed by atoms with Crippen molar-refractivity contribution >= 4 is 0 Å². The molecular formula is C14H15NO4. The van der Waals surface area contributed by atoms with Crippen LogP contribution in [0.25, 0.3) is 0 Å². The Balaban J connectivity index is 2.15. The third kappa shape index (κ3) is 3.07. The first kappa shape index (κ1) is 13.0. The van der Waals surface area contributed by atoms with Gasteiger partial charge < -0.3 is 19.3 Å². The van der Waals surface area contributed by atoms with E-state index in [1.807, 2.05) is 0 Å². The number of phenols is 1. The fourth-order valence-electron chi connectivity index (χ4n) is 1.68. The van der Waals surface area contributed by atoms with E-state index in [0.29, 0.717) is 22.9 Å². The van der Waals surface area contributed by atoms with E-state index < -0.39 is 0 Å². The first-order chi connectivity index (χ1) is 9.24. The molecule has 0 bridgehead atoms. The zero-order valence-electron chi connectivity index (χ0n) is 10.8. The van der Waals surface area contributed by atoms with Gasteiger partial charge in [0.1, 0.15) is 23.8 Å². The molecule has 0 atom stereocenters. The molecule has 0 aliphatic rings. The fourth-order valence-corrected chi connectivity index (χ4v) is 1.68. The molecule has 1 N–H and O–H groups in total. The van der Waals surface area contributed by atoms with Crippen LogP contribution < -0.4 is 14.2 Å². The summed E-state index contributed by atoms with van der Waals surface area (Å²) in [6.07, 6.45) is 1.63. The molecule has 100 valence electrons. The number of pyridine rings is 1. The van der Waals surface area contributed by atoms with E-state index >= 15 is 0 Å². The van der Waals surface area contributed by atoms with Crippen molar-refractivity contribution in [1.29, 1.82) is 0 Å². The lowest BCUT2D eigenvalue weighted by atomic mass is 10.3. The molecule has 1 aromatic carbocycles. The van der Waals surface area contributed by atoms with Gasteiger partial charge in [-0.2, -0.15) is 0 Å². The highest BCUT2D eigenvalue weighted by Gasteiger charge is 2.11. The Kier molecular flexibility index (Phi) is 4.07. The van der Waals surface area contributed by atoms with Crippen LogP contribution in [0, 0.1) is 0 Å². The second-order valence-corrected chi connectivity index (χ2v) is 3.78. The number of hydrogen-bond donors (Lipinski definition) is 1. The van der Waals surface area contributed by atoms with E-state index in [-0.39, 0.29) is 12.4 Å². The number of benzene rings is 1. The number of aromatic hydroxyl groups is 1. The molecule has 2 aromatic rings. The summed E-state index contributed by atoms with van der Waals surface area (Å²) in [4.78, 5) is 4.20. The van der Waals surface area contributed by atoms with Crippen molar-refractivity contribution in [2.45, 2.75) is 6.61 Å². The Labute approximate surface area is 111 Å². The molecule has 0 amide bonds. The number of aromatic nitrogens is 1. The summed E-state index contributed by atoms with van der Waals surface area (Å²) >= 11 is 0. The van der Waals surface area contributed by atoms with Crippen molar-refractivity contribution in [3.05, 3.63) is 42.2 Å². The van der Waals surface area contributed by atoms with Crippen molar-refractivity contribution in [1.82, 2.24) is 4.98 Å². The number of hydrogen-bond acceptors (Lipinski definition) is 5. The Hall–Kier alpha value is -2.43. The second-order valence-electron chi connectivity index (χ2n) is 3.78. The maximum atomic E-state index is 9.35. The Morgan fingerprint density at radius 3 is 2.68 bits per heavy atom. The van der Waals surface area contributed by atoms with Gasteiger partial charge in [-0.3, -0.25) is 4.98 Å². The number of ether oxygens (including phenoxy) is 3. The zero-order chi connectivity index (χ0) is 13.7. The van der Waals surface area contributed by atoms with E-state index in [0.717, 1.165) is 0 Å². The van der Waals surface area contributed by atoms with Gasteiger partial charge in [0, 0.05) is 18.3 Å². The van der Waals surface area contributed by atoms with Crippen molar-refractivity contribution in [3.8, 4) is 23.0 Å². The summed E-state index contributed by atoms with van der Waals surface area (Å²) in [6.45, 7) is 0.226. The molecule has 1 heterocycles. The van der Waals surface area contributed by atoms with E-state index in [4.69, 9.17) is 14.2 Å². The highest BCUT2D eigenvalue weighted by molar-refractivity contribution is 5.42. The van der Waals surface area contributed by atoms with Crippen LogP contribution >= 0.6 is 0 Å². The molecule has 5 nitrogen and oxygen atoms in total. The van der Waals surface area contributed by atoms with Gasteiger partial charge in [-0.25, -0.2) is 0 Å². The van der Waals surface area contributed by atoms with Gasteiger partial charge in [0.15, 0.2) is 11.5 Å². The first-order valence-electron chi connectivity index (χ1n) is 5.72. The molecule has 0 fully saturated rings. The van der Waals surface area contributed by atoms with Crippen molar-refractivity contribution < 1.29 is 19.3 Å².